The molecule has 5 nitrogen and oxygen atoms in total. The number of hydrogen-bond acceptors (Lipinski definition) is 5. The molecule has 53 heavy (non-hydrogen) atoms. The lowest BCUT2D eigenvalue weighted by atomic mass is 9.96. The van der Waals surface area contributed by atoms with Gasteiger partial charge in [-0.05, 0) is 76.2 Å². The molecule has 318 valence electrons. The minimum Gasteiger partial charge on any atom is -0.465 e. The van der Waals surface area contributed by atoms with Crippen molar-refractivity contribution < 1.29 is 19.4 Å². The van der Waals surface area contributed by atoms with Crippen LogP contribution in [0.2, 0.25) is 0 Å². The first kappa shape index (κ1) is 52.3. The average molecular weight is 752 g/mol. The number of aliphatic hydroxyl groups excluding tert-OH is 1. The van der Waals surface area contributed by atoms with Crippen LogP contribution in [0.15, 0.2) is 0 Å². The second kappa shape index (κ2) is 42.5. The monoisotopic (exact) mass is 752 g/mol. The predicted octanol–water partition coefficient (Wildman–Crippen LogP) is 14.4. The molecule has 0 radical (unpaired) electrons. The largest absolute Gasteiger partial charge is 0.465 e. The van der Waals surface area contributed by atoms with Gasteiger partial charge in [0.2, 0.25) is 0 Å². The van der Waals surface area contributed by atoms with Gasteiger partial charge in [0.05, 0.1) is 6.61 Å². The van der Waals surface area contributed by atoms with E-state index in [9.17, 15) is 9.90 Å². The summed E-state index contributed by atoms with van der Waals surface area (Å²) in [5.41, 5.74) is 0. The van der Waals surface area contributed by atoms with E-state index in [1.54, 1.807) is 0 Å². The summed E-state index contributed by atoms with van der Waals surface area (Å²) in [6, 6.07) is 0.652. The second-order valence-electron chi connectivity index (χ2n) is 16.8. The van der Waals surface area contributed by atoms with Gasteiger partial charge in [0.1, 0.15) is 0 Å². The molecule has 0 aromatic heterocycles. The third kappa shape index (κ3) is 35.5. The van der Waals surface area contributed by atoms with Gasteiger partial charge in [0.25, 0.3) is 0 Å². The summed E-state index contributed by atoms with van der Waals surface area (Å²) >= 11 is 0. The van der Waals surface area contributed by atoms with Gasteiger partial charge >= 0.3 is 5.97 Å². The molecule has 0 saturated heterocycles. The summed E-state index contributed by atoms with van der Waals surface area (Å²) in [5, 5.41) is 9.48. The Hall–Kier alpha value is -0.650. The summed E-state index contributed by atoms with van der Waals surface area (Å²) in [6.07, 6.45) is 41.4. The number of rotatable bonds is 44. The molecule has 0 heterocycles. The van der Waals surface area contributed by atoms with Crippen LogP contribution in [0.4, 0.5) is 0 Å². The van der Waals surface area contributed by atoms with Gasteiger partial charge < -0.3 is 19.5 Å². The summed E-state index contributed by atoms with van der Waals surface area (Å²) in [4.78, 5) is 15.1. The van der Waals surface area contributed by atoms with Crippen molar-refractivity contribution in [2.24, 2.45) is 11.8 Å². The van der Waals surface area contributed by atoms with Gasteiger partial charge in [-0.3, -0.25) is 4.79 Å². The third-order valence-electron chi connectivity index (χ3n) is 11.7. The fourth-order valence-electron chi connectivity index (χ4n) is 8.07. The van der Waals surface area contributed by atoms with E-state index in [0.29, 0.717) is 31.6 Å². The molecular weight excluding hydrogens is 655 g/mol. The first-order valence-electron chi connectivity index (χ1n) is 24.1. The Kier molecular flexibility index (Phi) is 42.0. The fraction of sp³-hybridized carbons (Fsp3) is 0.979. The minimum absolute atomic E-state index is 0.0184. The Morgan fingerprint density at radius 1 is 0.491 bits per heavy atom. The Balaban J connectivity index is 4.15. The quantitative estimate of drug-likeness (QED) is 0.0496. The summed E-state index contributed by atoms with van der Waals surface area (Å²) in [7, 11) is 0. The summed E-state index contributed by atoms with van der Waals surface area (Å²) < 4.78 is 11.9. The second-order valence-corrected chi connectivity index (χ2v) is 16.8. The average Bonchev–Trinajstić information content (AvgIpc) is 3.17. The smallest absolute Gasteiger partial charge is 0.305 e. The van der Waals surface area contributed by atoms with Gasteiger partial charge in [-0.2, -0.15) is 0 Å². The van der Waals surface area contributed by atoms with Crippen LogP contribution >= 0.6 is 0 Å². The van der Waals surface area contributed by atoms with Crippen molar-refractivity contribution in [1.82, 2.24) is 4.90 Å². The van der Waals surface area contributed by atoms with E-state index in [-0.39, 0.29) is 5.97 Å². The van der Waals surface area contributed by atoms with Crippen molar-refractivity contribution in [3.63, 3.8) is 0 Å². The van der Waals surface area contributed by atoms with E-state index in [1.165, 1.54) is 186 Å². The zero-order valence-corrected chi connectivity index (χ0v) is 36.9. The van der Waals surface area contributed by atoms with Crippen molar-refractivity contribution in [1.29, 1.82) is 0 Å². The highest BCUT2D eigenvalue weighted by molar-refractivity contribution is 5.69. The van der Waals surface area contributed by atoms with Gasteiger partial charge in [-0.25, -0.2) is 0 Å². The molecule has 0 aliphatic heterocycles. The molecule has 0 fully saturated rings. The van der Waals surface area contributed by atoms with Crippen LogP contribution < -0.4 is 0 Å². The Bertz CT molecular complexity index is 718. The molecule has 0 aliphatic carbocycles. The Labute approximate surface area is 333 Å². The van der Waals surface area contributed by atoms with E-state index in [2.05, 4.69) is 39.5 Å². The number of hydrogen-bond donors (Lipinski definition) is 1. The van der Waals surface area contributed by atoms with Gasteiger partial charge in [-0.1, -0.05) is 182 Å². The van der Waals surface area contributed by atoms with Crippen LogP contribution in [0.25, 0.3) is 0 Å². The number of unbranched alkanes of at least 4 members (excludes halogenated alkanes) is 19. The lowest BCUT2D eigenvalue weighted by Gasteiger charge is -2.31. The highest BCUT2D eigenvalue weighted by Gasteiger charge is 2.17. The molecule has 0 aromatic carbocycles. The van der Waals surface area contributed by atoms with Crippen LogP contribution in [0, 0.1) is 11.8 Å². The lowest BCUT2D eigenvalue weighted by molar-refractivity contribution is -0.145. The highest BCUT2D eigenvalue weighted by Crippen LogP contribution is 2.22. The SMILES string of the molecule is CCCCCCC(CCCC)COCCCCCCCCCC(CCCCCCCCC(=O)OCC(CCCC)CCCCCC)N(CC)CCCO. The lowest BCUT2D eigenvalue weighted by Crippen LogP contribution is -2.36. The van der Waals surface area contributed by atoms with Gasteiger partial charge in [-0.15, -0.1) is 0 Å². The van der Waals surface area contributed by atoms with Crippen molar-refractivity contribution in [3.8, 4) is 0 Å². The van der Waals surface area contributed by atoms with Crippen LogP contribution in [0.3, 0.4) is 0 Å². The first-order valence-corrected chi connectivity index (χ1v) is 24.1. The maximum atomic E-state index is 12.4. The number of carbonyl (C=O) groups excluding carboxylic acids is 1. The summed E-state index contributed by atoms with van der Waals surface area (Å²) in [5.74, 6) is 1.35. The zero-order chi connectivity index (χ0) is 38.9. The Morgan fingerprint density at radius 3 is 1.43 bits per heavy atom. The Morgan fingerprint density at radius 2 is 0.925 bits per heavy atom. The first-order chi connectivity index (χ1) is 26.1. The molecule has 0 spiro atoms. The van der Waals surface area contributed by atoms with E-state index in [1.807, 2.05) is 0 Å². The van der Waals surface area contributed by atoms with Crippen molar-refractivity contribution >= 4 is 5.97 Å². The molecule has 0 bridgehead atoms. The molecule has 0 aromatic rings. The van der Waals surface area contributed by atoms with Crippen LogP contribution in [0.1, 0.15) is 247 Å². The molecule has 1 N–H and O–H groups in total. The van der Waals surface area contributed by atoms with Crippen LogP contribution in [0.5, 0.6) is 0 Å². The molecule has 0 aliphatic rings. The van der Waals surface area contributed by atoms with Gasteiger partial charge in [0, 0.05) is 38.8 Å². The van der Waals surface area contributed by atoms with E-state index >= 15 is 0 Å². The molecule has 3 atom stereocenters. The standard InChI is InChI=1S/C48H97NO4/c1-6-11-15-26-35-45(33-13-8-3)43-52-42-31-25-21-17-18-22-28-37-47(49(10-5)40-32-41-50)38-29-23-19-20-24-30-39-48(51)53-44-46(34-14-9-4)36-27-16-12-7-2/h45-47,50H,6-44H2,1-5H3. The van der Waals surface area contributed by atoms with Crippen LogP contribution in [-0.4, -0.2) is 61.5 Å². The van der Waals surface area contributed by atoms with Crippen molar-refractivity contribution in [3.05, 3.63) is 0 Å². The topological polar surface area (TPSA) is 59.0 Å². The fourth-order valence-corrected chi connectivity index (χ4v) is 8.07. The normalized spacial score (nSPS) is 13.5. The molecule has 5 heteroatoms. The van der Waals surface area contributed by atoms with Crippen molar-refractivity contribution in [2.45, 2.75) is 253 Å². The maximum Gasteiger partial charge on any atom is 0.305 e. The maximum absolute atomic E-state index is 12.4. The number of ether oxygens (including phenoxy) is 2. The molecule has 0 saturated carbocycles. The number of aliphatic hydroxyl groups is 1. The van der Waals surface area contributed by atoms with E-state index in [0.717, 1.165) is 51.5 Å². The van der Waals surface area contributed by atoms with E-state index in [4.69, 9.17) is 9.47 Å². The number of carbonyl (C=O) groups is 1. The number of esters is 1. The number of nitrogens with zero attached hydrogens (tertiary/aromatic N) is 1. The summed E-state index contributed by atoms with van der Waals surface area (Å²) in [6.45, 7) is 16.4. The minimum atomic E-state index is 0.0184. The predicted molar refractivity (Wildman–Crippen MR) is 232 cm³/mol. The molecule has 3 unspecified atom stereocenters. The molecular formula is C48H97NO4. The third-order valence-corrected chi connectivity index (χ3v) is 11.7. The zero-order valence-electron chi connectivity index (χ0n) is 36.9. The van der Waals surface area contributed by atoms with Crippen molar-refractivity contribution in [2.75, 3.05) is 39.5 Å². The highest BCUT2D eigenvalue weighted by atomic mass is 16.5. The van der Waals surface area contributed by atoms with Crippen LogP contribution in [-0.2, 0) is 14.3 Å². The molecule has 0 rings (SSSR count). The van der Waals surface area contributed by atoms with Gasteiger partial charge in [0.15, 0.2) is 0 Å². The van der Waals surface area contributed by atoms with E-state index < -0.39 is 0 Å². The molecule has 0 amide bonds.